The normalized spacial score (nSPS) is 12.4. The van der Waals surface area contributed by atoms with Gasteiger partial charge in [-0.2, -0.15) is 0 Å². The van der Waals surface area contributed by atoms with Crippen LogP contribution in [-0.2, 0) is 0 Å². The number of nitrogen functional groups attached to an aromatic ring is 1. The van der Waals surface area contributed by atoms with Gasteiger partial charge in [-0.05, 0) is 12.3 Å². The molecule has 3 N–H and O–H groups in total. The number of amides is 1. The molecule has 5 heteroatoms. The molecule has 0 aliphatic rings. The first-order valence-electron chi connectivity index (χ1n) is 6.07. The van der Waals surface area contributed by atoms with Gasteiger partial charge in [-0.1, -0.05) is 24.3 Å². The SMILES string of the molecule is CC(O)CN(C)C(=O)c1cnc(N)c2ccccc12. The van der Waals surface area contributed by atoms with Gasteiger partial charge < -0.3 is 15.7 Å². The van der Waals surface area contributed by atoms with Gasteiger partial charge in [0.05, 0.1) is 11.7 Å². The van der Waals surface area contributed by atoms with Crippen LogP contribution in [0.4, 0.5) is 5.82 Å². The van der Waals surface area contributed by atoms with Gasteiger partial charge in [0.1, 0.15) is 5.82 Å². The molecule has 0 fully saturated rings. The molecule has 1 unspecified atom stereocenters. The number of anilines is 1. The Balaban J connectivity index is 2.46. The van der Waals surface area contributed by atoms with Crippen LogP contribution in [-0.4, -0.2) is 40.6 Å². The van der Waals surface area contributed by atoms with Gasteiger partial charge in [0.2, 0.25) is 0 Å². The van der Waals surface area contributed by atoms with E-state index in [9.17, 15) is 9.90 Å². The van der Waals surface area contributed by atoms with E-state index in [0.29, 0.717) is 11.4 Å². The van der Waals surface area contributed by atoms with Crippen LogP contribution < -0.4 is 5.73 Å². The Labute approximate surface area is 111 Å². The summed E-state index contributed by atoms with van der Waals surface area (Å²) in [5.41, 5.74) is 6.30. The largest absolute Gasteiger partial charge is 0.392 e. The van der Waals surface area contributed by atoms with Crippen molar-refractivity contribution in [2.75, 3.05) is 19.3 Å². The number of fused-ring (bicyclic) bond motifs is 1. The molecular formula is C14H17N3O2. The average Bonchev–Trinajstić information content (AvgIpc) is 2.38. The summed E-state index contributed by atoms with van der Waals surface area (Å²) in [6.45, 7) is 1.92. The Bertz CT molecular complexity index is 611. The van der Waals surface area contributed by atoms with Crippen molar-refractivity contribution >= 4 is 22.5 Å². The number of likely N-dealkylation sites (N-methyl/N-ethyl adjacent to an activating group) is 1. The van der Waals surface area contributed by atoms with Crippen molar-refractivity contribution in [3.63, 3.8) is 0 Å². The van der Waals surface area contributed by atoms with E-state index in [0.717, 1.165) is 10.8 Å². The third-order valence-electron chi connectivity index (χ3n) is 2.94. The van der Waals surface area contributed by atoms with E-state index in [1.165, 1.54) is 11.1 Å². The second-order valence-electron chi connectivity index (χ2n) is 4.64. The molecule has 0 saturated carbocycles. The highest BCUT2D eigenvalue weighted by molar-refractivity contribution is 6.08. The topological polar surface area (TPSA) is 79.5 Å². The molecule has 2 rings (SSSR count). The number of carbonyl (C=O) groups is 1. The Hall–Kier alpha value is -2.14. The number of carbonyl (C=O) groups excluding carboxylic acids is 1. The molecule has 0 spiro atoms. The van der Waals surface area contributed by atoms with Gasteiger partial charge in [-0.15, -0.1) is 0 Å². The first kappa shape index (κ1) is 13.3. The van der Waals surface area contributed by atoms with E-state index < -0.39 is 6.10 Å². The molecule has 0 bridgehead atoms. The molecule has 1 heterocycles. The van der Waals surface area contributed by atoms with Crippen LogP contribution >= 0.6 is 0 Å². The van der Waals surface area contributed by atoms with Crippen LogP contribution in [0, 0.1) is 0 Å². The van der Waals surface area contributed by atoms with E-state index in [2.05, 4.69) is 4.98 Å². The quantitative estimate of drug-likeness (QED) is 0.870. The number of aromatic nitrogens is 1. The minimum Gasteiger partial charge on any atom is -0.392 e. The van der Waals surface area contributed by atoms with Crippen LogP contribution in [0.2, 0.25) is 0 Å². The fourth-order valence-corrected chi connectivity index (χ4v) is 2.07. The van der Waals surface area contributed by atoms with Crippen molar-refractivity contribution in [3.8, 4) is 0 Å². The van der Waals surface area contributed by atoms with Crippen LogP contribution in [0.5, 0.6) is 0 Å². The maximum atomic E-state index is 12.3. The molecule has 0 aliphatic carbocycles. The molecule has 0 aliphatic heterocycles. The predicted octanol–water partition coefficient (Wildman–Crippen LogP) is 1.27. The number of nitrogens with two attached hydrogens (primary N) is 1. The maximum absolute atomic E-state index is 12.3. The fraction of sp³-hybridized carbons (Fsp3) is 0.286. The summed E-state index contributed by atoms with van der Waals surface area (Å²) in [5.74, 6) is 0.231. The molecule has 0 radical (unpaired) electrons. The smallest absolute Gasteiger partial charge is 0.255 e. The van der Waals surface area contributed by atoms with Crippen LogP contribution in [0.1, 0.15) is 17.3 Å². The number of benzene rings is 1. The number of hydrogen-bond acceptors (Lipinski definition) is 4. The minimum atomic E-state index is -0.568. The lowest BCUT2D eigenvalue weighted by Gasteiger charge is -2.19. The Morgan fingerprint density at radius 2 is 2.05 bits per heavy atom. The van der Waals surface area contributed by atoms with E-state index in [-0.39, 0.29) is 12.5 Å². The zero-order valence-corrected chi connectivity index (χ0v) is 11.0. The van der Waals surface area contributed by atoms with Gasteiger partial charge >= 0.3 is 0 Å². The van der Waals surface area contributed by atoms with Crippen LogP contribution in [0.15, 0.2) is 30.5 Å². The molecule has 100 valence electrons. The molecule has 19 heavy (non-hydrogen) atoms. The summed E-state index contributed by atoms with van der Waals surface area (Å²) < 4.78 is 0. The van der Waals surface area contributed by atoms with Gasteiger partial charge in [0.15, 0.2) is 0 Å². The highest BCUT2D eigenvalue weighted by Gasteiger charge is 2.17. The first-order chi connectivity index (χ1) is 9.00. The number of pyridine rings is 1. The molecule has 1 atom stereocenters. The first-order valence-corrected chi connectivity index (χ1v) is 6.07. The summed E-state index contributed by atoms with van der Waals surface area (Å²) in [6, 6.07) is 7.39. The Morgan fingerprint density at radius 3 is 2.68 bits per heavy atom. The number of nitrogens with zero attached hydrogens (tertiary/aromatic N) is 2. The van der Waals surface area contributed by atoms with Gasteiger partial charge in [-0.3, -0.25) is 4.79 Å². The minimum absolute atomic E-state index is 0.176. The van der Waals surface area contributed by atoms with Crippen LogP contribution in [0.3, 0.4) is 0 Å². The lowest BCUT2D eigenvalue weighted by atomic mass is 10.1. The van der Waals surface area contributed by atoms with Crippen molar-refractivity contribution < 1.29 is 9.90 Å². The van der Waals surface area contributed by atoms with Crippen LogP contribution in [0.25, 0.3) is 10.8 Å². The highest BCUT2D eigenvalue weighted by atomic mass is 16.3. The Kier molecular flexibility index (Phi) is 3.66. The summed E-state index contributed by atoms with van der Waals surface area (Å²) >= 11 is 0. The molecule has 1 amide bonds. The summed E-state index contributed by atoms with van der Waals surface area (Å²) in [7, 11) is 1.65. The number of rotatable bonds is 3. The predicted molar refractivity (Wildman–Crippen MR) is 74.8 cm³/mol. The van der Waals surface area contributed by atoms with Crippen molar-refractivity contribution in [1.82, 2.24) is 9.88 Å². The molecule has 2 aromatic rings. The average molecular weight is 259 g/mol. The van der Waals surface area contributed by atoms with E-state index >= 15 is 0 Å². The summed E-state index contributed by atoms with van der Waals surface area (Å²) in [4.78, 5) is 17.9. The highest BCUT2D eigenvalue weighted by Crippen LogP contribution is 2.23. The second-order valence-corrected chi connectivity index (χ2v) is 4.64. The third kappa shape index (κ3) is 2.66. The van der Waals surface area contributed by atoms with E-state index in [4.69, 9.17) is 5.73 Å². The second kappa shape index (κ2) is 5.24. The molecular weight excluding hydrogens is 242 g/mol. The Morgan fingerprint density at radius 1 is 1.42 bits per heavy atom. The molecule has 1 aromatic carbocycles. The van der Waals surface area contributed by atoms with Gasteiger partial charge in [0, 0.05) is 25.2 Å². The molecule has 5 nitrogen and oxygen atoms in total. The number of aliphatic hydroxyl groups is 1. The zero-order chi connectivity index (χ0) is 14.0. The lowest BCUT2D eigenvalue weighted by Crippen LogP contribution is -2.33. The van der Waals surface area contributed by atoms with Gasteiger partial charge in [-0.25, -0.2) is 4.98 Å². The van der Waals surface area contributed by atoms with Crippen molar-refractivity contribution in [1.29, 1.82) is 0 Å². The van der Waals surface area contributed by atoms with Crippen molar-refractivity contribution in [2.24, 2.45) is 0 Å². The molecule has 1 aromatic heterocycles. The fourth-order valence-electron chi connectivity index (χ4n) is 2.07. The number of aliphatic hydroxyl groups excluding tert-OH is 1. The standard InChI is InChI=1S/C14H17N3O2/c1-9(18)8-17(2)14(19)12-7-16-13(15)11-6-4-3-5-10(11)12/h3-7,9,18H,8H2,1-2H3,(H2,15,16). The monoisotopic (exact) mass is 259 g/mol. The van der Waals surface area contributed by atoms with Crippen molar-refractivity contribution in [2.45, 2.75) is 13.0 Å². The summed E-state index contributed by atoms with van der Waals surface area (Å²) in [6.07, 6.45) is 0.917. The number of hydrogen-bond donors (Lipinski definition) is 2. The zero-order valence-electron chi connectivity index (χ0n) is 11.0. The lowest BCUT2D eigenvalue weighted by molar-refractivity contribution is 0.0705. The maximum Gasteiger partial charge on any atom is 0.255 e. The van der Waals surface area contributed by atoms with Gasteiger partial charge in [0.25, 0.3) is 5.91 Å². The van der Waals surface area contributed by atoms with E-state index in [1.54, 1.807) is 14.0 Å². The van der Waals surface area contributed by atoms with E-state index in [1.807, 2.05) is 24.3 Å². The summed E-state index contributed by atoms with van der Waals surface area (Å²) in [5, 5.41) is 10.9. The molecule has 0 saturated heterocycles. The van der Waals surface area contributed by atoms with Crippen molar-refractivity contribution in [3.05, 3.63) is 36.0 Å². The third-order valence-corrected chi connectivity index (χ3v) is 2.94.